The molecule has 1 N–H and O–H groups in total. The van der Waals surface area contributed by atoms with Crippen molar-refractivity contribution in [2.45, 2.75) is 51.0 Å². The molecule has 136 valence electrons. The zero-order chi connectivity index (χ0) is 17.7. The molecule has 2 rings (SSSR count). The van der Waals surface area contributed by atoms with Crippen LogP contribution in [0.3, 0.4) is 0 Å². The van der Waals surface area contributed by atoms with Gasteiger partial charge in [-0.3, -0.25) is 9.69 Å². The van der Waals surface area contributed by atoms with E-state index in [9.17, 15) is 23.1 Å². The van der Waals surface area contributed by atoms with Crippen LogP contribution in [0.5, 0.6) is 0 Å². The van der Waals surface area contributed by atoms with Gasteiger partial charge < -0.3 is 14.4 Å². The maximum absolute atomic E-state index is 12.8. The van der Waals surface area contributed by atoms with E-state index in [-0.39, 0.29) is 31.8 Å². The second-order valence-corrected chi connectivity index (χ2v) is 6.23. The van der Waals surface area contributed by atoms with Crippen molar-refractivity contribution >= 4 is 5.91 Å². The van der Waals surface area contributed by atoms with E-state index in [1.165, 1.54) is 12.3 Å². The van der Waals surface area contributed by atoms with Gasteiger partial charge in [-0.2, -0.15) is 13.2 Å². The third-order valence-electron chi connectivity index (χ3n) is 4.37. The second kappa shape index (κ2) is 8.02. The fourth-order valence-corrected chi connectivity index (χ4v) is 3.12. The Balaban J connectivity index is 2.08. The zero-order valence-corrected chi connectivity index (χ0v) is 13.6. The van der Waals surface area contributed by atoms with E-state index in [0.717, 1.165) is 24.2 Å². The van der Waals surface area contributed by atoms with Crippen molar-refractivity contribution in [3.05, 3.63) is 24.2 Å². The van der Waals surface area contributed by atoms with Gasteiger partial charge in [0.25, 0.3) is 0 Å². The summed E-state index contributed by atoms with van der Waals surface area (Å²) >= 11 is 0. The third kappa shape index (κ3) is 5.24. The quantitative estimate of drug-likeness (QED) is 0.858. The Bertz CT molecular complexity index is 519. The molecule has 2 unspecified atom stereocenters. The number of nitrogens with zero attached hydrogens (tertiary/aromatic N) is 2. The molecule has 1 saturated heterocycles. The molecule has 1 aromatic rings. The summed E-state index contributed by atoms with van der Waals surface area (Å²) in [5.74, 6) is -0.311. The number of carbonyl (C=O) groups is 1. The second-order valence-electron chi connectivity index (χ2n) is 6.23. The molecule has 2 heterocycles. The number of piperidine rings is 1. The number of hydrogen-bond donors (Lipinski definition) is 1. The number of likely N-dealkylation sites (tertiary alicyclic amines) is 1. The molecule has 8 heteroatoms. The maximum atomic E-state index is 12.8. The number of hydrogen-bond acceptors (Lipinski definition) is 4. The average molecular weight is 348 g/mol. The maximum Gasteiger partial charge on any atom is 0.406 e. The van der Waals surface area contributed by atoms with Crippen LogP contribution in [0, 0.1) is 0 Å². The van der Waals surface area contributed by atoms with Crippen LogP contribution in [0.2, 0.25) is 0 Å². The van der Waals surface area contributed by atoms with E-state index in [1.54, 1.807) is 11.0 Å². The van der Waals surface area contributed by atoms with Crippen LogP contribution in [0.15, 0.2) is 22.8 Å². The van der Waals surface area contributed by atoms with Crippen molar-refractivity contribution in [2.24, 2.45) is 0 Å². The molecule has 0 radical (unpaired) electrons. The largest absolute Gasteiger partial charge is 0.467 e. The summed E-state index contributed by atoms with van der Waals surface area (Å²) in [6, 6.07) is 2.97. The smallest absolute Gasteiger partial charge is 0.406 e. The molecule has 2 atom stereocenters. The van der Waals surface area contributed by atoms with Gasteiger partial charge in [0.1, 0.15) is 12.3 Å². The summed E-state index contributed by atoms with van der Waals surface area (Å²) in [7, 11) is 0. The SMILES string of the molecule is CC1CCCC(CO)N1CC(=O)N(Cc1ccco1)CC(F)(F)F. The molecule has 24 heavy (non-hydrogen) atoms. The van der Waals surface area contributed by atoms with Gasteiger partial charge >= 0.3 is 6.18 Å². The molecule has 1 aliphatic rings. The minimum absolute atomic E-state index is 0.0520. The average Bonchev–Trinajstić information content (AvgIpc) is 3.00. The van der Waals surface area contributed by atoms with Crippen LogP contribution < -0.4 is 0 Å². The lowest BCUT2D eigenvalue weighted by Crippen LogP contribution is -2.52. The number of carbonyl (C=O) groups excluding carboxylic acids is 1. The molecule has 0 aromatic carbocycles. The molecule has 0 saturated carbocycles. The first-order valence-electron chi connectivity index (χ1n) is 8.03. The summed E-state index contributed by atoms with van der Waals surface area (Å²) in [6.07, 6.45) is -0.575. The first-order chi connectivity index (χ1) is 11.3. The Labute approximate surface area is 139 Å². The molecule has 5 nitrogen and oxygen atoms in total. The molecule has 1 fully saturated rings. The van der Waals surface area contributed by atoms with Crippen LogP contribution >= 0.6 is 0 Å². The standard InChI is InChI=1S/C16H23F3N2O3/c1-12-4-2-5-13(10-22)21(12)9-15(23)20(11-16(17,18)19)8-14-6-3-7-24-14/h3,6-7,12-13,22H,2,4-5,8-11H2,1H3. The van der Waals surface area contributed by atoms with Crippen LogP contribution in [-0.4, -0.2) is 58.8 Å². The highest BCUT2D eigenvalue weighted by atomic mass is 19.4. The van der Waals surface area contributed by atoms with Crippen molar-refractivity contribution in [1.82, 2.24) is 9.80 Å². The fourth-order valence-electron chi connectivity index (χ4n) is 3.12. The topological polar surface area (TPSA) is 56.9 Å². The summed E-state index contributed by atoms with van der Waals surface area (Å²) in [5, 5.41) is 9.46. The summed E-state index contributed by atoms with van der Waals surface area (Å²) in [4.78, 5) is 15.0. The van der Waals surface area contributed by atoms with Crippen molar-refractivity contribution in [3.63, 3.8) is 0 Å². The Morgan fingerprint density at radius 2 is 2.21 bits per heavy atom. The van der Waals surface area contributed by atoms with Crippen LogP contribution in [0.25, 0.3) is 0 Å². The van der Waals surface area contributed by atoms with Gasteiger partial charge in [-0.25, -0.2) is 0 Å². The molecule has 0 spiro atoms. The molecular weight excluding hydrogens is 325 g/mol. The number of halogens is 3. The minimum atomic E-state index is -4.48. The van der Waals surface area contributed by atoms with E-state index < -0.39 is 18.6 Å². The first kappa shape index (κ1) is 18.8. The van der Waals surface area contributed by atoms with Gasteiger partial charge in [0.05, 0.1) is 26.0 Å². The van der Waals surface area contributed by atoms with Crippen LogP contribution in [0.4, 0.5) is 13.2 Å². The van der Waals surface area contributed by atoms with E-state index in [0.29, 0.717) is 5.76 Å². The lowest BCUT2D eigenvalue weighted by molar-refractivity contribution is -0.164. The molecule has 0 aliphatic carbocycles. The third-order valence-corrected chi connectivity index (χ3v) is 4.37. The molecule has 1 aliphatic heterocycles. The van der Waals surface area contributed by atoms with Crippen molar-refractivity contribution < 1.29 is 27.5 Å². The van der Waals surface area contributed by atoms with Gasteiger partial charge in [0, 0.05) is 12.1 Å². The van der Waals surface area contributed by atoms with Crippen molar-refractivity contribution in [2.75, 3.05) is 19.7 Å². The minimum Gasteiger partial charge on any atom is -0.467 e. The molecular formula is C16H23F3N2O3. The van der Waals surface area contributed by atoms with Gasteiger partial charge in [0.2, 0.25) is 5.91 Å². The Morgan fingerprint density at radius 1 is 1.46 bits per heavy atom. The number of alkyl halides is 3. The number of furan rings is 1. The van der Waals surface area contributed by atoms with Crippen LogP contribution in [-0.2, 0) is 11.3 Å². The van der Waals surface area contributed by atoms with E-state index in [4.69, 9.17) is 4.42 Å². The monoisotopic (exact) mass is 348 g/mol. The highest BCUT2D eigenvalue weighted by Gasteiger charge is 2.36. The summed E-state index contributed by atoms with van der Waals surface area (Å²) < 4.78 is 43.5. The van der Waals surface area contributed by atoms with E-state index >= 15 is 0 Å². The van der Waals surface area contributed by atoms with Crippen LogP contribution in [0.1, 0.15) is 31.9 Å². The van der Waals surface area contributed by atoms with E-state index in [2.05, 4.69) is 0 Å². The lowest BCUT2D eigenvalue weighted by atomic mass is 9.97. The zero-order valence-electron chi connectivity index (χ0n) is 13.6. The predicted molar refractivity (Wildman–Crippen MR) is 81.1 cm³/mol. The number of rotatable bonds is 6. The van der Waals surface area contributed by atoms with Gasteiger partial charge in [0.15, 0.2) is 0 Å². The fraction of sp³-hybridized carbons (Fsp3) is 0.688. The molecule has 0 bridgehead atoms. The van der Waals surface area contributed by atoms with Crippen molar-refractivity contribution in [1.29, 1.82) is 0 Å². The Kier molecular flexibility index (Phi) is 6.28. The predicted octanol–water partition coefficient (Wildman–Crippen LogP) is 2.41. The van der Waals surface area contributed by atoms with Crippen molar-refractivity contribution in [3.8, 4) is 0 Å². The highest BCUT2D eigenvalue weighted by molar-refractivity contribution is 5.78. The summed E-state index contributed by atoms with van der Waals surface area (Å²) in [5.41, 5.74) is 0. The summed E-state index contributed by atoms with van der Waals surface area (Å²) in [6.45, 7) is 0.143. The Hall–Kier alpha value is -1.54. The normalized spacial score (nSPS) is 22.5. The lowest BCUT2D eigenvalue weighted by Gasteiger charge is -2.40. The number of aliphatic hydroxyl groups excluding tert-OH is 1. The Morgan fingerprint density at radius 3 is 2.79 bits per heavy atom. The molecule has 1 aromatic heterocycles. The van der Waals surface area contributed by atoms with E-state index in [1.807, 2.05) is 6.92 Å². The number of amides is 1. The highest BCUT2D eigenvalue weighted by Crippen LogP contribution is 2.24. The van der Waals surface area contributed by atoms with Gasteiger partial charge in [-0.05, 0) is 31.9 Å². The van der Waals surface area contributed by atoms with Gasteiger partial charge in [-0.15, -0.1) is 0 Å². The molecule has 1 amide bonds. The van der Waals surface area contributed by atoms with Gasteiger partial charge in [-0.1, -0.05) is 6.42 Å². The number of aliphatic hydroxyl groups is 1. The first-order valence-corrected chi connectivity index (χ1v) is 8.03.